The largest absolute Gasteiger partial charge is 0.497 e. The van der Waals surface area contributed by atoms with Crippen LogP contribution in [-0.4, -0.2) is 50.8 Å². The zero-order valence-electron chi connectivity index (χ0n) is 15.5. The van der Waals surface area contributed by atoms with Gasteiger partial charge < -0.3 is 15.0 Å². The molecular formula is C19H21N7O2. The summed E-state index contributed by atoms with van der Waals surface area (Å²) in [6.45, 7) is 1.51. The molecule has 2 aromatic heterocycles. The summed E-state index contributed by atoms with van der Waals surface area (Å²) in [4.78, 5) is 27.3. The van der Waals surface area contributed by atoms with Crippen LogP contribution >= 0.6 is 0 Å². The quantitative estimate of drug-likeness (QED) is 0.723. The molecule has 1 aromatic carbocycles. The molecule has 3 aromatic rings. The van der Waals surface area contributed by atoms with Crippen molar-refractivity contribution in [2.24, 2.45) is 5.92 Å². The van der Waals surface area contributed by atoms with E-state index >= 15 is 0 Å². The molecule has 0 bridgehead atoms. The van der Waals surface area contributed by atoms with Gasteiger partial charge in [-0.05, 0) is 25.0 Å². The minimum Gasteiger partial charge on any atom is -0.497 e. The molecule has 1 aliphatic heterocycles. The van der Waals surface area contributed by atoms with E-state index in [4.69, 9.17) is 4.74 Å². The highest BCUT2D eigenvalue weighted by atomic mass is 16.5. The maximum atomic E-state index is 12.6. The van der Waals surface area contributed by atoms with Gasteiger partial charge in [-0.1, -0.05) is 6.07 Å². The highest BCUT2D eigenvalue weighted by molar-refractivity contribution is 5.92. The molecule has 1 N–H and O–H groups in total. The maximum Gasteiger partial charge on any atom is 0.227 e. The maximum absolute atomic E-state index is 12.6. The Kier molecular flexibility index (Phi) is 5.14. The van der Waals surface area contributed by atoms with Crippen molar-refractivity contribution in [3.8, 4) is 11.6 Å². The van der Waals surface area contributed by atoms with Crippen LogP contribution in [0.1, 0.15) is 12.8 Å². The van der Waals surface area contributed by atoms with Gasteiger partial charge in [0, 0.05) is 36.8 Å². The second-order valence-corrected chi connectivity index (χ2v) is 6.56. The molecule has 0 radical (unpaired) electrons. The molecular weight excluding hydrogens is 358 g/mol. The number of nitrogens with one attached hydrogen (secondary N) is 1. The summed E-state index contributed by atoms with van der Waals surface area (Å²) in [5.74, 6) is 2.23. The summed E-state index contributed by atoms with van der Waals surface area (Å²) in [7, 11) is 1.61. The number of ether oxygens (including phenoxy) is 1. The average molecular weight is 379 g/mol. The fourth-order valence-electron chi connectivity index (χ4n) is 3.28. The number of aromatic nitrogens is 5. The third kappa shape index (κ3) is 3.93. The highest BCUT2D eigenvalue weighted by Gasteiger charge is 2.26. The minimum absolute atomic E-state index is 0.0286. The lowest BCUT2D eigenvalue weighted by atomic mass is 9.96. The minimum atomic E-state index is -0.0286. The first kappa shape index (κ1) is 17.9. The molecule has 0 unspecified atom stereocenters. The van der Waals surface area contributed by atoms with Crippen molar-refractivity contribution in [1.29, 1.82) is 0 Å². The van der Waals surface area contributed by atoms with Crippen molar-refractivity contribution >= 4 is 17.4 Å². The van der Waals surface area contributed by atoms with Crippen molar-refractivity contribution < 1.29 is 9.53 Å². The van der Waals surface area contributed by atoms with E-state index in [1.165, 1.54) is 12.7 Å². The first-order valence-corrected chi connectivity index (χ1v) is 9.10. The van der Waals surface area contributed by atoms with Gasteiger partial charge in [-0.25, -0.2) is 19.6 Å². The molecule has 9 nitrogen and oxygen atoms in total. The highest BCUT2D eigenvalue weighted by Crippen LogP contribution is 2.24. The van der Waals surface area contributed by atoms with Crippen molar-refractivity contribution in [2.45, 2.75) is 12.8 Å². The van der Waals surface area contributed by atoms with Crippen LogP contribution in [0.15, 0.2) is 49.3 Å². The molecule has 1 aliphatic rings. The summed E-state index contributed by atoms with van der Waals surface area (Å²) < 4.78 is 6.80. The van der Waals surface area contributed by atoms with E-state index in [1.807, 2.05) is 30.3 Å². The van der Waals surface area contributed by atoms with Gasteiger partial charge in [-0.2, -0.15) is 5.10 Å². The summed E-state index contributed by atoms with van der Waals surface area (Å²) in [6, 6.07) is 9.27. The number of hydrogen-bond acceptors (Lipinski definition) is 7. The van der Waals surface area contributed by atoms with Crippen LogP contribution in [-0.2, 0) is 4.79 Å². The van der Waals surface area contributed by atoms with Crippen molar-refractivity contribution in [2.75, 3.05) is 30.4 Å². The Morgan fingerprint density at radius 3 is 2.71 bits per heavy atom. The lowest BCUT2D eigenvalue weighted by Crippen LogP contribution is -2.38. The molecule has 1 fully saturated rings. The summed E-state index contributed by atoms with van der Waals surface area (Å²) in [5.41, 5.74) is 0.750. The molecule has 3 heterocycles. The predicted octanol–water partition coefficient (Wildman–Crippen LogP) is 1.92. The molecule has 9 heteroatoms. The first-order valence-electron chi connectivity index (χ1n) is 9.10. The number of carbonyl (C=O) groups excluding carboxylic acids is 1. The SMILES string of the molecule is COc1cccc(NC(=O)C2CCN(c3cc(-n4cncn4)ncn3)CC2)c1. The third-order valence-electron chi connectivity index (χ3n) is 4.82. The van der Waals surface area contributed by atoms with Crippen molar-refractivity contribution in [3.63, 3.8) is 0 Å². The molecule has 144 valence electrons. The zero-order chi connectivity index (χ0) is 19.3. The van der Waals surface area contributed by atoms with Crippen molar-refractivity contribution in [1.82, 2.24) is 24.7 Å². The van der Waals surface area contributed by atoms with Crippen LogP contribution in [0.5, 0.6) is 5.75 Å². The van der Waals surface area contributed by atoms with Crippen LogP contribution in [0.2, 0.25) is 0 Å². The Bertz CT molecular complexity index is 937. The molecule has 0 aliphatic carbocycles. The number of rotatable bonds is 5. The van der Waals surface area contributed by atoms with Gasteiger partial charge in [-0.3, -0.25) is 4.79 Å². The van der Waals surface area contributed by atoms with Crippen molar-refractivity contribution in [3.05, 3.63) is 49.3 Å². The standard InChI is InChI=1S/C19H21N7O2/c1-28-16-4-2-3-15(9-16)24-19(27)14-5-7-25(8-6-14)17-10-18(22-12-21-17)26-13-20-11-23-26/h2-4,9-14H,5-8H2,1H3,(H,24,27). The zero-order valence-corrected chi connectivity index (χ0v) is 15.5. The number of carbonyl (C=O) groups is 1. The molecule has 28 heavy (non-hydrogen) atoms. The summed E-state index contributed by atoms with van der Waals surface area (Å²) >= 11 is 0. The van der Waals surface area contributed by atoms with Gasteiger partial charge in [0.25, 0.3) is 0 Å². The number of piperidine rings is 1. The molecule has 0 atom stereocenters. The number of amides is 1. The Hall–Kier alpha value is -3.49. The lowest BCUT2D eigenvalue weighted by Gasteiger charge is -2.32. The number of hydrogen-bond donors (Lipinski definition) is 1. The van der Waals surface area contributed by atoms with Crippen LogP contribution in [0.25, 0.3) is 5.82 Å². The number of nitrogens with zero attached hydrogens (tertiary/aromatic N) is 6. The molecule has 1 amide bonds. The fraction of sp³-hybridized carbons (Fsp3) is 0.316. The van der Waals surface area contributed by atoms with Crippen LogP contribution < -0.4 is 15.0 Å². The van der Waals surface area contributed by atoms with E-state index in [2.05, 4.69) is 30.3 Å². The van der Waals surface area contributed by atoms with Gasteiger partial charge in [0.2, 0.25) is 5.91 Å². The topological polar surface area (TPSA) is 98.1 Å². The van der Waals surface area contributed by atoms with E-state index in [0.717, 1.165) is 43.2 Å². The molecule has 0 saturated carbocycles. The Labute approximate surface area is 162 Å². The number of benzene rings is 1. The van der Waals surface area contributed by atoms with E-state index in [1.54, 1.807) is 18.1 Å². The van der Waals surface area contributed by atoms with E-state index in [0.29, 0.717) is 5.82 Å². The van der Waals surface area contributed by atoms with Gasteiger partial charge in [-0.15, -0.1) is 0 Å². The normalized spacial score (nSPS) is 14.7. The first-order chi connectivity index (χ1) is 13.7. The molecule has 0 spiro atoms. The van der Waals surface area contributed by atoms with Gasteiger partial charge in [0.05, 0.1) is 7.11 Å². The average Bonchev–Trinajstić information content (AvgIpc) is 3.29. The number of methoxy groups -OCH3 is 1. The number of anilines is 2. The van der Waals surface area contributed by atoms with E-state index in [9.17, 15) is 4.79 Å². The Morgan fingerprint density at radius 2 is 1.96 bits per heavy atom. The summed E-state index contributed by atoms with van der Waals surface area (Å²) in [5, 5.41) is 7.08. The van der Waals surface area contributed by atoms with Gasteiger partial charge in [0.1, 0.15) is 30.5 Å². The second-order valence-electron chi connectivity index (χ2n) is 6.56. The predicted molar refractivity (Wildman–Crippen MR) is 104 cm³/mol. The Balaban J connectivity index is 1.37. The lowest BCUT2D eigenvalue weighted by molar-refractivity contribution is -0.120. The van der Waals surface area contributed by atoms with E-state index in [-0.39, 0.29) is 11.8 Å². The van der Waals surface area contributed by atoms with E-state index < -0.39 is 0 Å². The smallest absolute Gasteiger partial charge is 0.227 e. The van der Waals surface area contributed by atoms with Crippen LogP contribution in [0, 0.1) is 5.92 Å². The monoisotopic (exact) mass is 379 g/mol. The fourth-order valence-corrected chi connectivity index (χ4v) is 3.28. The summed E-state index contributed by atoms with van der Waals surface area (Å²) in [6.07, 6.45) is 6.11. The van der Waals surface area contributed by atoms with Crippen LogP contribution in [0.3, 0.4) is 0 Å². The third-order valence-corrected chi connectivity index (χ3v) is 4.82. The molecule has 1 saturated heterocycles. The van der Waals surface area contributed by atoms with Gasteiger partial charge in [0.15, 0.2) is 5.82 Å². The Morgan fingerprint density at radius 1 is 1.14 bits per heavy atom. The van der Waals surface area contributed by atoms with Crippen LogP contribution in [0.4, 0.5) is 11.5 Å². The van der Waals surface area contributed by atoms with Gasteiger partial charge >= 0.3 is 0 Å². The second kappa shape index (κ2) is 8.03. The molecule has 4 rings (SSSR count).